The van der Waals surface area contributed by atoms with Crippen molar-refractivity contribution in [1.82, 2.24) is 5.32 Å². The quantitative estimate of drug-likeness (QED) is 0.828. The fourth-order valence-corrected chi connectivity index (χ4v) is 2.83. The van der Waals surface area contributed by atoms with Gasteiger partial charge in [0.05, 0.1) is 6.04 Å². The molecule has 0 aromatic heterocycles. The molecule has 0 saturated carbocycles. The number of nitrogens with one attached hydrogen (secondary N) is 1. The number of carbonyl (C=O) groups excluding carboxylic acids is 1. The summed E-state index contributed by atoms with van der Waals surface area (Å²) in [6.07, 6.45) is -1.43. The number of anilines is 1. The third-order valence-electron chi connectivity index (χ3n) is 3.77. The molecule has 0 saturated heterocycles. The van der Waals surface area contributed by atoms with Crippen LogP contribution in [0.4, 0.5) is 10.1 Å². The van der Waals surface area contributed by atoms with Crippen LogP contribution in [0, 0.1) is 5.82 Å². The Balaban J connectivity index is 0.00000100. The number of aliphatic hydroxyl groups excluding tert-OH is 1. The van der Waals surface area contributed by atoms with Gasteiger partial charge in [-0.1, -0.05) is 43.6 Å². The lowest BCUT2D eigenvalue weighted by molar-refractivity contribution is -0.127. The Kier molecular flexibility index (Phi) is 5.94. The zero-order valence-electron chi connectivity index (χ0n) is 13.8. The summed E-state index contributed by atoms with van der Waals surface area (Å²) in [6, 6.07) is 10.6. The van der Waals surface area contributed by atoms with E-state index in [4.69, 9.17) is 11.6 Å². The van der Waals surface area contributed by atoms with Crippen molar-refractivity contribution in [2.75, 3.05) is 11.9 Å². The van der Waals surface area contributed by atoms with Gasteiger partial charge in [0.1, 0.15) is 5.82 Å². The summed E-state index contributed by atoms with van der Waals surface area (Å²) in [5.74, 6) is -0.933. The second-order valence-electron chi connectivity index (χ2n) is 5.12. The Morgan fingerprint density at radius 1 is 1.17 bits per heavy atom. The second kappa shape index (κ2) is 7.75. The number of fused-ring (bicyclic) bond motifs is 1. The van der Waals surface area contributed by atoms with Crippen LogP contribution in [0.25, 0.3) is 0 Å². The molecule has 0 aliphatic carbocycles. The smallest absolute Gasteiger partial charge is 0.270 e. The van der Waals surface area contributed by atoms with Crippen molar-refractivity contribution in [3.8, 4) is 0 Å². The lowest BCUT2D eigenvalue weighted by Gasteiger charge is -2.21. The molecule has 2 unspecified atom stereocenters. The van der Waals surface area contributed by atoms with Gasteiger partial charge < -0.3 is 10.0 Å². The maximum absolute atomic E-state index is 14.2. The molecular weight excluding hydrogens is 331 g/mol. The van der Waals surface area contributed by atoms with Crippen molar-refractivity contribution in [2.45, 2.75) is 26.1 Å². The molecule has 4 nitrogen and oxygen atoms in total. The number of halogens is 2. The number of benzene rings is 2. The van der Waals surface area contributed by atoms with E-state index in [0.29, 0.717) is 21.8 Å². The topological polar surface area (TPSA) is 52.6 Å². The van der Waals surface area contributed by atoms with Crippen LogP contribution in [-0.4, -0.2) is 24.3 Å². The maximum atomic E-state index is 14.2. The summed E-state index contributed by atoms with van der Waals surface area (Å²) < 4.78 is 14.2. The van der Waals surface area contributed by atoms with Gasteiger partial charge in [0.2, 0.25) is 0 Å². The SMILES string of the molecule is CC.CN1C(=O)C(O)NC(c2ccccc2F)c2cc(Cl)ccc21. The lowest BCUT2D eigenvalue weighted by Crippen LogP contribution is -2.43. The summed E-state index contributed by atoms with van der Waals surface area (Å²) in [4.78, 5) is 13.5. The molecular formula is C18H20ClFN2O2. The Bertz CT molecular complexity index is 739. The predicted octanol–water partition coefficient (Wildman–Crippen LogP) is 3.48. The van der Waals surface area contributed by atoms with E-state index in [1.54, 1.807) is 43.4 Å². The molecule has 2 aromatic rings. The first-order valence-electron chi connectivity index (χ1n) is 7.74. The average molecular weight is 351 g/mol. The first kappa shape index (κ1) is 18.4. The van der Waals surface area contributed by atoms with E-state index in [-0.39, 0.29) is 0 Å². The van der Waals surface area contributed by atoms with Gasteiger partial charge in [-0.3, -0.25) is 10.1 Å². The van der Waals surface area contributed by atoms with Gasteiger partial charge in [-0.25, -0.2) is 4.39 Å². The minimum Gasteiger partial charge on any atom is -0.370 e. The van der Waals surface area contributed by atoms with Crippen LogP contribution in [0.15, 0.2) is 42.5 Å². The minimum absolute atomic E-state index is 0.341. The molecule has 1 aliphatic rings. The van der Waals surface area contributed by atoms with Crippen molar-refractivity contribution in [3.63, 3.8) is 0 Å². The second-order valence-corrected chi connectivity index (χ2v) is 5.56. The molecule has 0 spiro atoms. The van der Waals surface area contributed by atoms with Crippen LogP contribution in [0.5, 0.6) is 0 Å². The molecule has 3 rings (SSSR count). The summed E-state index contributed by atoms with van der Waals surface area (Å²) in [5, 5.41) is 13.3. The Hall–Kier alpha value is -1.95. The van der Waals surface area contributed by atoms with E-state index in [9.17, 15) is 14.3 Å². The standard InChI is InChI=1S/C16H14ClFN2O2.C2H6/c1-20-13-7-6-9(17)8-11(13)14(19-15(21)16(20)22)10-4-2-3-5-12(10)18;1-2/h2-8,14-15,19,21H,1H3;1-2H3. The normalized spacial score (nSPS) is 19.9. The number of nitrogens with zero attached hydrogens (tertiary/aromatic N) is 1. The molecule has 1 heterocycles. The Labute approximate surface area is 145 Å². The highest BCUT2D eigenvalue weighted by molar-refractivity contribution is 6.30. The fourth-order valence-electron chi connectivity index (χ4n) is 2.65. The largest absolute Gasteiger partial charge is 0.370 e. The molecule has 24 heavy (non-hydrogen) atoms. The van der Waals surface area contributed by atoms with Crippen LogP contribution in [0.3, 0.4) is 0 Å². The van der Waals surface area contributed by atoms with Gasteiger partial charge in [0.25, 0.3) is 5.91 Å². The highest BCUT2D eigenvalue weighted by Crippen LogP contribution is 2.36. The van der Waals surface area contributed by atoms with Crippen LogP contribution < -0.4 is 10.2 Å². The first-order chi connectivity index (χ1) is 11.5. The number of hydrogen-bond acceptors (Lipinski definition) is 3. The third-order valence-corrected chi connectivity index (χ3v) is 4.00. The van der Waals surface area contributed by atoms with Crippen molar-refractivity contribution >= 4 is 23.2 Å². The van der Waals surface area contributed by atoms with Crippen LogP contribution >= 0.6 is 11.6 Å². The third kappa shape index (κ3) is 3.43. The molecule has 2 aromatic carbocycles. The number of hydrogen-bond donors (Lipinski definition) is 2. The number of likely N-dealkylation sites (N-methyl/N-ethyl adjacent to an activating group) is 1. The summed E-state index contributed by atoms with van der Waals surface area (Å²) in [7, 11) is 1.56. The number of rotatable bonds is 1. The fraction of sp³-hybridized carbons (Fsp3) is 0.278. The van der Waals surface area contributed by atoms with Gasteiger partial charge in [-0.15, -0.1) is 0 Å². The molecule has 2 N–H and O–H groups in total. The molecule has 0 bridgehead atoms. The summed E-state index contributed by atoms with van der Waals surface area (Å²) >= 11 is 6.06. The number of aliphatic hydroxyl groups is 1. The Morgan fingerprint density at radius 2 is 1.83 bits per heavy atom. The number of carbonyl (C=O) groups is 1. The van der Waals surface area contributed by atoms with E-state index in [0.717, 1.165) is 0 Å². The van der Waals surface area contributed by atoms with E-state index in [1.165, 1.54) is 11.0 Å². The van der Waals surface area contributed by atoms with Gasteiger partial charge >= 0.3 is 0 Å². The zero-order valence-corrected chi connectivity index (χ0v) is 14.5. The molecule has 0 radical (unpaired) electrons. The molecule has 2 atom stereocenters. The minimum atomic E-state index is -1.43. The summed E-state index contributed by atoms with van der Waals surface area (Å²) in [6.45, 7) is 4.00. The first-order valence-corrected chi connectivity index (χ1v) is 8.12. The molecule has 1 aliphatic heterocycles. The monoisotopic (exact) mass is 350 g/mol. The summed E-state index contributed by atoms with van der Waals surface area (Å²) in [5.41, 5.74) is 1.55. The molecule has 1 amide bonds. The van der Waals surface area contributed by atoms with Crippen molar-refractivity contribution in [2.24, 2.45) is 0 Å². The van der Waals surface area contributed by atoms with E-state index >= 15 is 0 Å². The van der Waals surface area contributed by atoms with Crippen LogP contribution in [0.2, 0.25) is 5.02 Å². The van der Waals surface area contributed by atoms with Crippen molar-refractivity contribution in [1.29, 1.82) is 0 Å². The van der Waals surface area contributed by atoms with Crippen molar-refractivity contribution in [3.05, 3.63) is 64.4 Å². The van der Waals surface area contributed by atoms with Gasteiger partial charge in [-0.2, -0.15) is 0 Å². The molecule has 128 valence electrons. The van der Waals surface area contributed by atoms with E-state index < -0.39 is 24.0 Å². The lowest BCUT2D eigenvalue weighted by atomic mass is 9.96. The number of amides is 1. The Morgan fingerprint density at radius 3 is 2.50 bits per heavy atom. The highest BCUT2D eigenvalue weighted by atomic mass is 35.5. The maximum Gasteiger partial charge on any atom is 0.270 e. The van der Waals surface area contributed by atoms with Crippen molar-refractivity contribution < 1.29 is 14.3 Å². The van der Waals surface area contributed by atoms with E-state index in [1.807, 2.05) is 13.8 Å². The average Bonchev–Trinajstić information content (AvgIpc) is 2.68. The molecule has 6 heteroatoms. The highest BCUT2D eigenvalue weighted by Gasteiger charge is 2.33. The zero-order chi connectivity index (χ0) is 17.9. The van der Waals surface area contributed by atoms with Crippen LogP contribution in [0.1, 0.15) is 31.0 Å². The van der Waals surface area contributed by atoms with E-state index in [2.05, 4.69) is 5.32 Å². The predicted molar refractivity (Wildman–Crippen MR) is 93.6 cm³/mol. The van der Waals surface area contributed by atoms with Gasteiger partial charge in [0.15, 0.2) is 6.23 Å². The van der Waals surface area contributed by atoms with Gasteiger partial charge in [0, 0.05) is 23.3 Å². The molecule has 0 fully saturated rings. The van der Waals surface area contributed by atoms with Gasteiger partial charge in [-0.05, 0) is 29.8 Å². The van der Waals surface area contributed by atoms with Crippen LogP contribution in [-0.2, 0) is 4.79 Å².